The molecule has 0 bridgehead atoms. The van der Waals surface area contributed by atoms with Gasteiger partial charge in [0.1, 0.15) is 6.33 Å². The largest absolute Gasteiger partial charge is 0.454 e. The van der Waals surface area contributed by atoms with E-state index in [2.05, 4.69) is 33.6 Å². The van der Waals surface area contributed by atoms with Gasteiger partial charge in [0.05, 0.1) is 6.26 Å². The Morgan fingerprint density at radius 2 is 2.03 bits per heavy atom. The maximum absolute atomic E-state index is 11.9. The molecule has 0 spiro atoms. The normalized spacial score (nSPS) is 17.6. The SMILES string of the molecule is Cc1ccc(-c2cc3c(cc2Sc2nc4c(N)ncnc4n2CCCC2CCN(S(C)(=O)=O)C2)OCO3)s1. The highest BCUT2D eigenvalue weighted by Crippen LogP contribution is 2.46. The van der Waals surface area contributed by atoms with E-state index in [0.29, 0.717) is 48.3 Å². The van der Waals surface area contributed by atoms with Crippen LogP contribution in [-0.2, 0) is 16.6 Å². The number of rotatable bonds is 8. The number of fused-ring (bicyclic) bond motifs is 2. The van der Waals surface area contributed by atoms with Gasteiger partial charge in [-0.3, -0.25) is 0 Å². The Morgan fingerprint density at radius 3 is 2.76 bits per heavy atom. The molecule has 6 rings (SSSR count). The van der Waals surface area contributed by atoms with E-state index in [1.54, 1.807) is 27.4 Å². The van der Waals surface area contributed by atoms with Gasteiger partial charge in [0, 0.05) is 39.8 Å². The molecule has 4 aromatic rings. The van der Waals surface area contributed by atoms with Crippen molar-refractivity contribution in [3.63, 3.8) is 0 Å². The lowest BCUT2D eigenvalue weighted by atomic mass is 10.0. The predicted octanol–water partition coefficient (Wildman–Crippen LogP) is 4.39. The quantitative estimate of drug-likeness (QED) is 0.327. The number of imidazole rings is 1. The van der Waals surface area contributed by atoms with Gasteiger partial charge in [0.15, 0.2) is 33.6 Å². The van der Waals surface area contributed by atoms with Crippen LogP contribution in [0, 0.1) is 12.8 Å². The lowest BCUT2D eigenvalue weighted by Crippen LogP contribution is -2.27. The Labute approximate surface area is 229 Å². The first kappa shape index (κ1) is 25.4. The van der Waals surface area contributed by atoms with Crippen LogP contribution in [0.4, 0.5) is 5.82 Å². The lowest BCUT2D eigenvalue weighted by molar-refractivity contribution is 0.174. The molecule has 2 N–H and O–H groups in total. The van der Waals surface area contributed by atoms with Crippen molar-refractivity contribution >= 4 is 50.1 Å². The van der Waals surface area contributed by atoms with Crippen molar-refractivity contribution in [3.05, 3.63) is 35.5 Å². The standard InChI is InChI=1S/C25H28N6O4S3/c1-15-5-6-20(36-15)17-10-18-19(35-14-34-18)11-21(17)37-25-29-22-23(26)27-13-28-24(22)31(25)8-3-4-16-7-9-30(12-16)38(2,32)33/h5-6,10-11,13,16H,3-4,7-9,12,14H2,1-2H3,(H2,26,27,28). The molecule has 38 heavy (non-hydrogen) atoms. The average Bonchev–Trinajstić information content (AvgIpc) is 3.66. The molecule has 1 unspecified atom stereocenters. The van der Waals surface area contributed by atoms with Crippen LogP contribution in [0.3, 0.4) is 0 Å². The zero-order valence-electron chi connectivity index (χ0n) is 21.1. The number of sulfonamides is 1. The molecule has 0 radical (unpaired) electrons. The van der Waals surface area contributed by atoms with Crippen LogP contribution in [0.5, 0.6) is 11.5 Å². The van der Waals surface area contributed by atoms with Crippen molar-refractivity contribution in [3.8, 4) is 21.9 Å². The van der Waals surface area contributed by atoms with Gasteiger partial charge in [-0.15, -0.1) is 11.3 Å². The maximum atomic E-state index is 11.9. The number of aromatic nitrogens is 4. The molecule has 200 valence electrons. The maximum Gasteiger partial charge on any atom is 0.231 e. The fourth-order valence-corrected chi connectivity index (χ4v) is 7.91. The summed E-state index contributed by atoms with van der Waals surface area (Å²) in [4.78, 5) is 16.9. The van der Waals surface area contributed by atoms with Crippen molar-refractivity contribution in [2.24, 2.45) is 5.92 Å². The molecule has 2 aliphatic heterocycles. The third-order valence-electron chi connectivity index (χ3n) is 6.92. The van der Waals surface area contributed by atoms with Crippen LogP contribution >= 0.6 is 23.1 Å². The second kappa shape index (κ2) is 10.0. The van der Waals surface area contributed by atoms with Gasteiger partial charge >= 0.3 is 0 Å². The number of thiophene rings is 1. The van der Waals surface area contributed by atoms with Gasteiger partial charge < -0.3 is 19.8 Å². The average molecular weight is 573 g/mol. The Hall–Kier alpha value is -2.87. The third-order valence-corrected chi connectivity index (χ3v) is 10.3. The van der Waals surface area contributed by atoms with Crippen LogP contribution in [-0.4, -0.2) is 58.4 Å². The predicted molar refractivity (Wildman–Crippen MR) is 148 cm³/mol. The summed E-state index contributed by atoms with van der Waals surface area (Å²) in [5.41, 5.74) is 8.51. The van der Waals surface area contributed by atoms with Crippen molar-refractivity contribution in [2.45, 2.75) is 42.8 Å². The molecule has 1 saturated heterocycles. The van der Waals surface area contributed by atoms with E-state index in [1.807, 2.05) is 12.1 Å². The topological polar surface area (TPSA) is 125 Å². The molecular formula is C25H28N6O4S3. The zero-order valence-corrected chi connectivity index (χ0v) is 23.5. The first-order chi connectivity index (χ1) is 18.3. The van der Waals surface area contributed by atoms with E-state index in [4.69, 9.17) is 20.2 Å². The van der Waals surface area contributed by atoms with Crippen molar-refractivity contribution in [1.29, 1.82) is 0 Å². The van der Waals surface area contributed by atoms with E-state index in [-0.39, 0.29) is 6.79 Å². The van der Waals surface area contributed by atoms with E-state index in [0.717, 1.165) is 45.5 Å². The second-order valence-electron chi connectivity index (χ2n) is 9.61. The van der Waals surface area contributed by atoms with Gasteiger partial charge in [0.25, 0.3) is 0 Å². The Bertz CT molecular complexity index is 1620. The van der Waals surface area contributed by atoms with Crippen LogP contribution < -0.4 is 15.2 Å². The summed E-state index contributed by atoms with van der Waals surface area (Å²) in [6, 6.07) is 8.27. The lowest BCUT2D eigenvalue weighted by Gasteiger charge is -2.14. The van der Waals surface area contributed by atoms with Gasteiger partial charge in [-0.05, 0) is 56.4 Å². The van der Waals surface area contributed by atoms with Crippen LogP contribution in [0.15, 0.2) is 40.6 Å². The molecule has 1 fully saturated rings. The molecule has 10 nitrogen and oxygen atoms in total. The second-order valence-corrected chi connectivity index (χ2v) is 13.9. The summed E-state index contributed by atoms with van der Waals surface area (Å²) in [5.74, 6) is 2.13. The number of hydrogen-bond donors (Lipinski definition) is 1. The third kappa shape index (κ3) is 4.95. The molecule has 13 heteroatoms. The summed E-state index contributed by atoms with van der Waals surface area (Å²) in [7, 11) is -3.14. The molecular weight excluding hydrogens is 545 g/mol. The number of hydrogen-bond acceptors (Lipinski definition) is 10. The Balaban J connectivity index is 1.30. The summed E-state index contributed by atoms with van der Waals surface area (Å²) in [6.45, 7) is 4.16. The van der Waals surface area contributed by atoms with Crippen molar-refractivity contribution in [1.82, 2.24) is 23.8 Å². The monoisotopic (exact) mass is 572 g/mol. The molecule has 5 heterocycles. The molecule has 0 saturated carbocycles. The highest BCUT2D eigenvalue weighted by molar-refractivity contribution is 7.99. The number of benzene rings is 1. The Morgan fingerprint density at radius 1 is 1.21 bits per heavy atom. The van der Waals surface area contributed by atoms with Crippen molar-refractivity contribution in [2.75, 3.05) is 31.9 Å². The van der Waals surface area contributed by atoms with Gasteiger partial charge in [-0.1, -0.05) is 11.8 Å². The minimum absolute atomic E-state index is 0.203. The first-order valence-corrected chi connectivity index (χ1v) is 15.8. The number of aryl methyl sites for hydroxylation is 2. The molecule has 2 aliphatic rings. The van der Waals surface area contributed by atoms with E-state index in [1.165, 1.54) is 17.5 Å². The Kier molecular flexibility index (Phi) is 6.70. The fraction of sp³-hybridized carbons (Fsp3) is 0.400. The van der Waals surface area contributed by atoms with Crippen molar-refractivity contribution < 1.29 is 17.9 Å². The van der Waals surface area contributed by atoms with E-state index < -0.39 is 10.0 Å². The van der Waals surface area contributed by atoms with Crippen LogP contribution in [0.2, 0.25) is 0 Å². The molecule has 3 aromatic heterocycles. The molecule has 1 aromatic carbocycles. The molecule has 1 atom stereocenters. The number of nitrogens with zero attached hydrogens (tertiary/aromatic N) is 5. The number of nitrogens with two attached hydrogens (primary N) is 1. The molecule has 0 amide bonds. The van der Waals surface area contributed by atoms with Gasteiger partial charge in [-0.25, -0.2) is 27.7 Å². The van der Waals surface area contributed by atoms with E-state index >= 15 is 0 Å². The minimum atomic E-state index is -3.14. The fourth-order valence-electron chi connectivity index (χ4n) is 4.96. The van der Waals surface area contributed by atoms with Gasteiger partial charge in [-0.2, -0.15) is 0 Å². The number of nitrogen functional groups attached to an aromatic ring is 1. The first-order valence-electron chi connectivity index (χ1n) is 12.4. The number of anilines is 1. The highest BCUT2D eigenvalue weighted by atomic mass is 32.2. The summed E-state index contributed by atoms with van der Waals surface area (Å²) >= 11 is 3.27. The number of ether oxygens (including phenoxy) is 2. The summed E-state index contributed by atoms with van der Waals surface area (Å²) < 4.78 is 38.8. The smallest absolute Gasteiger partial charge is 0.231 e. The highest BCUT2D eigenvalue weighted by Gasteiger charge is 2.28. The molecule has 0 aliphatic carbocycles. The summed E-state index contributed by atoms with van der Waals surface area (Å²) in [6.07, 6.45) is 5.41. The summed E-state index contributed by atoms with van der Waals surface area (Å²) in [5, 5.41) is 0.768. The van der Waals surface area contributed by atoms with Crippen LogP contribution in [0.1, 0.15) is 24.1 Å². The van der Waals surface area contributed by atoms with E-state index in [9.17, 15) is 8.42 Å². The zero-order chi connectivity index (χ0) is 26.4. The minimum Gasteiger partial charge on any atom is -0.454 e. The van der Waals surface area contributed by atoms with Crippen LogP contribution in [0.25, 0.3) is 21.6 Å². The van der Waals surface area contributed by atoms with Gasteiger partial charge in [0.2, 0.25) is 16.8 Å².